The summed E-state index contributed by atoms with van der Waals surface area (Å²) in [5.41, 5.74) is 0.528. The predicted molar refractivity (Wildman–Crippen MR) is 63.8 cm³/mol. The Labute approximate surface area is 99.8 Å². The van der Waals surface area contributed by atoms with Crippen molar-refractivity contribution in [2.45, 2.75) is 6.92 Å². The zero-order valence-corrected chi connectivity index (χ0v) is 10.4. The number of nitrogens with zero attached hydrogens (tertiary/aromatic N) is 1. The van der Waals surface area contributed by atoms with Crippen molar-refractivity contribution in [1.82, 2.24) is 0 Å². The van der Waals surface area contributed by atoms with Gasteiger partial charge >= 0.3 is 0 Å². The summed E-state index contributed by atoms with van der Waals surface area (Å²) in [4.78, 5) is 0. The van der Waals surface area contributed by atoms with Crippen molar-refractivity contribution in [3.05, 3.63) is 23.2 Å². The molecule has 4 nitrogen and oxygen atoms in total. The molecule has 1 heterocycles. The van der Waals surface area contributed by atoms with Crippen LogP contribution in [0.4, 0.5) is 5.69 Å². The maximum Gasteiger partial charge on any atom is 0.235 e. The first kappa shape index (κ1) is 11.5. The van der Waals surface area contributed by atoms with Gasteiger partial charge in [-0.2, -0.15) is 0 Å². The molecule has 0 atom stereocenters. The number of fused-ring (bicyclic) bond motifs is 1. The van der Waals surface area contributed by atoms with E-state index in [1.807, 2.05) is 0 Å². The Kier molecular flexibility index (Phi) is 2.99. The topological polar surface area (TPSA) is 46.6 Å². The van der Waals surface area contributed by atoms with Gasteiger partial charge in [-0.1, -0.05) is 11.6 Å². The Morgan fingerprint density at radius 3 is 2.94 bits per heavy atom. The summed E-state index contributed by atoms with van der Waals surface area (Å²) in [6, 6.07) is 4.99. The first-order valence-electron chi connectivity index (χ1n) is 4.97. The Balaban J connectivity index is 2.51. The number of rotatable bonds is 2. The molecule has 1 aliphatic heterocycles. The largest absolute Gasteiger partial charge is 0.489 e. The summed E-state index contributed by atoms with van der Waals surface area (Å²) in [5, 5.41) is 0.501. The summed E-state index contributed by atoms with van der Waals surface area (Å²) >= 11 is 5.86. The lowest BCUT2D eigenvalue weighted by Crippen LogP contribution is -2.38. The lowest BCUT2D eigenvalue weighted by molar-refractivity contribution is 0.316. The average molecular weight is 262 g/mol. The van der Waals surface area contributed by atoms with Gasteiger partial charge in [0.2, 0.25) is 10.0 Å². The first-order valence-corrected chi connectivity index (χ1v) is 6.96. The van der Waals surface area contributed by atoms with Crippen LogP contribution in [0.25, 0.3) is 0 Å². The van der Waals surface area contributed by atoms with E-state index >= 15 is 0 Å². The fourth-order valence-corrected chi connectivity index (χ4v) is 2.88. The third-order valence-electron chi connectivity index (χ3n) is 2.44. The predicted octanol–water partition coefficient (Wildman–Crippen LogP) is 1.89. The van der Waals surface area contributed by atoms with Gasteiger partial charge in [0.25, 0.3) is 0 Å². The van der Waals surface area contributed by atoms with Crippen LogP contribution in [-0.4, -0.2) is 27.3 Å². The molecule has 0 spiro atoms. The van der Waals surface area contributed by atoms with Gasteiger partial charge in [0.05, 0.1) is 18.0 Å². The summed E-state index contributed by atoms with van der Waals surface area (Å²) in [5.74, 6) is 0.631. The van der Waals surface area contributed by atoms with Crippen molar-refractivity contribution in [2.75, 3.05) is 23.2 Å². The maximum absolute atomic E-state index is 11.9. The zero-order chi connectivity index (χ0) is 11.8. The zero-order valence-electron chi connectivity index (χ0n) is 8.81. The third-order valence-corrected chi connectivity index (χ3v) is 4.46. The molecular weight excluding hydrogens is 250 g/mol. The molecule has 1 aromatic carbocycles. The highest BCUT2D eigenvalue weighted by Gasteiger charge is 2.27. The molecular formula is C10H12ClNO3S. The molecule has 1 aliphatic rings. The molecule has 88 valence electrons. The van der Waals surface area contributed by atoms with Crippen LogP contribution in [0, 0.1) is 0 Å². The second kappa shape index (κ2) is 4.14. The number of hydrogen-bond acceptors (Lipinski definition) is 3. The minimum atomic E-state index is -3.26. The van der Waals surface area contributed by atoms with Crippen molar-refractivity contribution in [3.8, 4) is 5.75 Å². The van der Waals surface area contributed by atoms with E-state index in [0.717, 1.165) is 0 Å². The van der Waals surface area contributed by atoms with Gasteiger partial charge in [0, 0.05) is 5.02 Å². The molecule has 2 rings (SSSR count). The van der Waals surface area contributed by atoms with Crippen LogP contribution in [0.3, 0.4) is 0 Å². The molecule has 6 heteroatoms. The first-order chi connectivity index (χ1) is 7.54. The van der Waals surface area contributed by atoms with E-state index in [1.165, 1.54) is 4.31 Å². The van der Waals surface area contributed by atoms with E-state index in [9.17, 15) is 8.42 Å². The highest BCUT2D eigenvalue weighted by atomic mass is 35.5. The van der Waals surface area contributed by atoms with Gasteiger partial charge in [0.1, 0.15) is 12.4 Å². The number of benzene rings is 1. The fourth-order valence-electron chi connectivity index (χ4n) is 1.61. The van der Waals surface area contributed by atoms with Gasteiger partial charge in [-0.05, 0) is 25.1 Å². The van der Waals surface area contributed by atoms with E-state index in [2.05, 4.69) is 0 Å². The van der Waals surface area contributed by atoms with E-state index < -0.39 is 10.0 Å². The molecule has 0 aliphatic carbocycles. The quantitative estimate of drug-likeness (QED) is 0.817. The molecule has 16 heavy (non-hydrogen) atoms. The highest BCUT2D eigenvalue weighted by molar-refractivity contribution is 7.92. The van der Waals surface area contributed by atoms with Crippen molar-refractivity contribution in [3.63, 3.8) is 0 Å². The standard InChI is InChI=1S/C10H12ClNO3S/c1-2-16(13,14)12-5-6-15-10-4-3-8(11)7-9(10)12/h3-4,7H,2,5-6H2,1H3. The van der Waals surface area contributed by atoms with Crippen molar-refractivity contribution < 1.29 is 13.2 Å². The van der Waals surface area contributed by atoms with E-state index in [0.29, 0.717) is 29.6 Å². The average Bonchev–Trinajstić information content (AvgIpc) is 2.28. The van der Waals surface area contributed by atoms with E-state index in [4.69, 9.17) is 16.3 Å². The molecule has 0 unspecified atom stereocenters. The van der Waals surface area contributed by atoms with Crippen LogP contribution >= 0.6 is 11.6 Å². The van der Waals surface area contributed by atoms with E-state index in [1.54, 1.807) is 25.1 Å². The monoisotopic (exact) mass is 261 g/mol. The molecule has 0 radical (unpaired) electrons. The number of sulfonamides is 1. The fraction of sp³-hybridized carbons (Fsp3) is 0.400. The van der Waals surface area contributed by atoms with Crippen LogP contribution in [-0.2, 0) is 10.0 Å². The molecule has 0 bridgehead atoms. The van der Waals surface area contributed by atoms with E-state index in [-0.39, 0.29) is 5.75 Å². The van der Waals surface area contributed by atoms with Gasteiger partial charge in [-0.3, -0.25) is 4.31 Å². The number of hydrogen-bond donors (Lipinski definition) is 0. The van der Waals surface area contributed by atoms with Crippen LogP contribution in [0.15, 0.2) is 18.2 Å². The summed E-state index contributed by atoms with van der Waals surface area (Å²) in [6.07, 6.45) is 0. The van der Waals surface area contributed by atoms with Crippen LogP contribution in [0.2, 0.25) is 5.02 Å². The summed E-state index contributed by atoms with van der Waals surface area (Å²) in [7, 11) is -3.26. The summed E-state index contributed by atoms with van der Waals surface area (Å²) in [6.45, 7) is 2.33. The molecule has 0 aromatic heterocycles. The maximum atomic E-state index is 11.9. The van der Waals surface area contributed by atoms with Crippen LogP contribution in [0.1, 0.15) is 6.92 Å². The Hall–Kier alpha value is -0.940. The SMILES string of the molecule is CCS(=O)(=O)N1CCOc2ccc(Cl)cc21. The van der Waals surface area contributed by atoms with Gasteiger partial charge in [-0.15, -0.1) is 0 Å². The van der Waals surface area contributed by atoms with Crippen LogP contribution < -0.4 is 9.04 Å². The van der Waals surface area contributed by atoms with Crippen molar-refractivity contribution >= 4 is 27.3 Å². The highest BCUT2D eigenvalue weighted by Crippen LogP contribution is 2.35. The lowest BCUT2D eigenvalue weighted by Gasteiger charge is -2.30. The molecule has 0 fully saturated rings. The smallest absolute Gasteiger partial charge is 0.235 e. The minimum Gasteiger partial charge on any atom is -0.489 e. The van der Waals surface area contributed by atoms with Crippen molar-refractivity contribution in [1.29, 1.82) is 0 Å². The van der Waals surface area contributed by atoms with Crippen molar-refractivity contribution in [2.24, 2.45) is 0 Å². The minimum absolute atomic E-state index is 0.0684. The summed E-state index contributed by atoms with van der Waals surface area (Å²) < 4.78 is 30.5. The van der Waals surface area contributed by atoms with Gasteiger partial charge < -0.3 is 4.74 Å². The third kappa shape index (κ3) is 1.97. The Morgan fingerprint density at radius 1 is 1.50 bits per heavy atom. The Morgan fingerprint density at radius 2 is 2.25 bits per heavy atom. The molecule has 0 amide bonds. The normalized spacial score (nSPS) is 15.5. The molecule has 1 aromatic rings. The molecule has 0 N–H and O–H groups in total. The number of anilines is 1. The second-order valence-electron chi connectivity index (χ2n) is 3.43. The molecule has 0 saturated heterocycles. The lowest BCUT2D eigenvalue weighted by atomic mass is 10.2. The van der Waals surface area contributed by atoms with Crippen LogP contribution in [0.5, 0.6) is 5.75 Å². The number of ether oxygens (including phenoxy) is 1. The van der Waals surface area contributed by atoms with Gasteiger partial charge in [-0.25, -0.2) is 8.42 Å². The second-order valence-corrected chi connectivity index (χ2v) is 6.05. The molecule has 0 saturated carbocycles. The van der Waals surface area contributed by atoms with Gasteiger partial charge in [0.15, 0.2) is 0 Å². The number of halogens is 1. The Bertz CT molecular complexity index is 501.